The monoisotopic (exact) mass is 167 g/mol. The van der Waals surface area contributed by atoms with Gasteiger partial charge in [0.25, 0.3) is 0 Å². The third-order valence-corrected chi connectivity index (χ3v) is 1.34. The van der Waals surface area contributed by atoms with Crippen LogP contribution in [0.1, 0.15) is 6.92 Å². The number of aromatic nitrogens is 1. The average molecular weight is 167 g/mol. The van der Waals surface area contributed by atoms with Gasteiger partial charge in [-0.2, -0.15) is 0 Å². The second-order valence-corrected chi connectivity index (χ2v) is 2.21. The Morgan fingerprint density at radius 2 is 2.42 bits per heavy atom. The van der Waals surface area contributed by atoms with Crippen LogP contribution < -0.4 is 16.5 Å². The summed E-state index contributed by atoms with van der Waals surface area (Å²) in [4.78, 5) is 13.0. The molecular weight excluding hydrogens is 158 g/mol. The van der Waals surface area contributed by atoms with Gasteiger partial charge in [0.2, 0.25) is 0 Å². The molecule has 0 aliphatic carbocycles. The molecule has 0 unspecified atom stereocenters. The van der Waals surface area contributed by atoms with Gasteiger partial charge in [-0.3, -0.25) is 4.98 Å². The predicted molar refractivity (Wildman–Crippen MR) is 45.0 cm³/mol. The zero-order valence-electron chi connectivity index (χ0n) is 6.63. The van der Waals surface area contributed by atoms with Crippen molar-refractivity contribution in [3.8, 4) is 0 Å². The van der Waals surface area contributed by atoms with Crippen LogP contribution in [0, 0.1) is 0 Å². The lowest BCUT2D eigenvalue weighted by Crippen LogP contribution is -2.20. The van der Waals surface area contributed by atoms with E-state index < -0.39 is 5.76 Å². The fourth-order valence-corrected chi connectivity index (χ4v) is 0.720. The van der Waals surface area contributed by atoms with E-state index in [-0.39, 0.29) is 11.2 Å². The van der Waals surface area contributed by atoms with Gasteiger partial charge >= 0.3 is 5.76 Å². The minimum atomic E-state index is -0.574. The van der Waals surface area contributed by atoms with E-state index in [9.17, 15) is 4.79 Å². The third kappa shape index (κ3) is 1.66. The van der Waals surface area contributed by atoms with Crippen molar-refractivity contribution in [3.63, 3.8) is 0 Å². The first-order valence-electron chi connectivity index (χ1n) is 3.38. The molecule has 1 aromatic rings. The van der Waals surface area contributed by atoms with Crippen LogP contribution in [-0.4, -0.2) is 10.1 Å². The molecule has 0 bridgehead atoms. The zero-order chi connectivity index (χ0) is 9.14. The molecule has 0 saturated heterocycles. The molecule has 0 radical (unpaired) electrons. The van der Waals surface area contributed by atoms with Crippen LogP contribution in [0.3, 0.4) is 0 Å². The summed E-state index contributed by atoms with van der Waals surface area (Å²) in [5, 5.41) is 9.44. The van der Waals surface area contributed by atoms with E-state index in [0.29, 0.717) is 5.35 Å². The molecule has 64 valence electrons. The van der Waals surface area contributed by atoms with Crippen molar-refractivity contribution in [1.29, 1.82) is 0 Å². The van der Waals surface area contributed by atoms with Gasteiger partial charge in [0.15, 0.2) is 0 Å². The topological polar surface area (TPSA) is 66.2 Å². The Morgan fingerprint density at radius 3 is 2.83 bits per heavy atom. The van der Waals surface area contributed by atoms with Gasteiger partial charge in [0.05, 0.1) is 5.35 Å². The molecule has 2 N–H and O–H groups in total. The van der Waals surface area contributed by atoms with Crippen LogP contribution in [0.4, 0.5) is 0 Å². The fourth-order valence-electron chi connectivity index (χ4n) is 0.720. The van der Waals surface area contributed by atoms with E-state index in [0.717, 1.165) is 0 Å². The second-order valence-electron chi connectivity index (χ2n) is 2.21. The Kier molecular flexibility index (Phi) is 2.19. The molecule has 0 spiro atoms. The van der Waals surface area contributed by atoms with Crippen LogP contribution >= 0.6 is 0 Å². The number of allylic oxidation sites excluding steroid dienone is 2. The van der Waals surface area contributed by atoms with Crippen LogP contribution in [0.25, 0.3) is 12.7 Å². The third-order valence-electron chi connectivity index (χ3n) is 1.34. The fraction of sp³-hybridized carbons (Fsp3) is 0.125. The Morgan fingerprint density at radius 1 is 1.75 bits per heavy atom. The highest BCUT2D eigenvalue weighted by atomic mass is 16.4. The summed E-state index contributed by atoms with van der Waals surface area (Å²) in [5.74, 6) is -0.521. The number of nitrogens with one attached hydrogen (secondary N) is 1. The first-order valence-corrected chi connectivity index (χ1v) is 3.38. The van der Waals surface area contributed by atoms with E-state index in [1.807, 2.05) is 0 Å². The molecule has 12 heavy (non-hydrogen) atoms. The number of aliphatic hydroxyl groups is 1. The lowest BCUT2D eigenvalue weighted by molar-refractivity contribution is 0.440. The predicted octanol–water partition coefficient (Wildman–Crippen LogP) is -0.380. The van der Waals surface area contributed by atoms with Gasteiger partial charge < -0.3 is 9.52 Å². The standard InChI is InChI=1S/C8H9NO3/c1-3-6(10)4-7-5(2)12-8(11)9-7/h3-4,10H,2H2,1H3,(H,9,11)/b6-3+,7-4+. The summed E-state index contributed by atoms with van der Waals surface area (Å²) in [6.45, 7) is 5.13. The molecule has 0 aromatic carbocycles. The van der Waals surface area contributed by atoms with Gasteiger partial charge in [-0.25, -0.2) is 4.79 Å². The molecule has 0 amide bonds. The van der Waals surface area contributed by atoms with Gasteiger partial charge in [0, 0.05) is 6.08 Å². The Bertz CT molecular complexity index is 449. The van der Waals surface area contributed by atoms with E-state index in [2.05, 4.69) is 16.0 Å². The van der Waals surface area contributed by atoms with Crippen molar-refractivity contribution in [2.24, 2.45) is 0 Å². The van der Waals surface area contributed by atoms with Crippen LogP contribution in [-0.2, 0) is 0 Å². The number of aromatic amines is 1. The molecule has 1 aromatic heterocycles. The highest BCUT2D eigenvalue weighted by Crippen LogP contribution is 1.85. The SMILES string of the molecule is C=c1oc(=O)[nH]/c1=C/C(O)=C\C. The highest BCUT2D eigenvalue weighted by Gasteiger charge is 1.91. The van der Waals surface area contributed by atoms with Gasteiger partial charge in [0.1, 0.15) is 11.2 Å². The zero-order valence-corrected chi connectivity index (χ0v) is 6.63. The molecule has 1 heterocycles. The quantitative estimate of drug-likeness (QED) is 0.560. The molecule has 0 aliphatic heterocycles. The number of oxazole rings is 1. The number of aliphatic hydroxyl groups excluding tert-OH is 1. The molecular formula is C8H9NO3. The largest absolute Gasteiger partial charge is 0.508 e. The number of rotatable bonds is 1. The number of H-pyrrole nitrogens is 1. The van der Waals surface area contributed by atoms with Crippen molar-refractivity contribution in [1.82, 2.24) is 4.98 Å². The highest BCUT2D eigenvalue weighted by molar-refractivity contribution is 5.38. The van der Waals surface area contributed by atoms with Crippen molar-refractivity contribution < 1.29 is 9.52 Å². The summed E-state index contributed by atoms with van der Waals surface area (Å²) in [6, 6.07) is 0. The summed E-state index contributed by atoms with van der Waals surface area (Å²) in [6.07, 6.45) is 2.86. The molecule has 4 nitrogen and oxygen atoms in total. The van der Waals surface area contributed by atoms with Crippen LogP contribution in [0.5, 0.6) is 0 Å². The molecule has 0 aliphatic rings. The van der Waals surface area contributed by atoms with E-state index in [1.165, 1.54) is 12.2 Å². The Balaban J connectivity index is 3.38. The first-order chi connectivity index (χ1) is 5.63. The molecule has 4 heteroatoms. The molecule has 0 fully saturated rings. The van der Waals surface area contributed by atoms with Gasteiger partial charge in [-0.05, 0) is 13.0 Å². The van der Waals surface area contributed by atoms with Crippen LogP contribution in [0.15, 0.2) is 21.0 Å². The minimum Gasteiger partial charge on any atom is -0.508 e. The number of hydrogen-bond acceptors (Lipinski definition) is 3. The maximum atomic E-state index is 10.6. The molecule has 0 saturated carbocycles. The lowest BCUT2D eigenvalue weighted by atomic mass is 10.4. The summed E-state index contributed by atoms with van der Waals surface area (Å²) >= 11 is 0. The Hall–Kier alpha value is -1.71. The van der Waals surface area contributed by atoms with E-state index >= 15 is 0 Å². The summed E-state index contributed by atoms with van der Waals surface area (Å²) < 4.78 is 4.57. The summed E-state index contributed by atoms with van der Waals surface area (Å²) in [7, 11) is 0. The van der Waals surface area contributed by atoms with Crippen molar-refractivity contribution >= 4 is 12.7 Å². The maximum Gasteiger partial charge on any atom is 0.417 e. The minimum absolute atomic E-state index is 0.0527. The first kappa shape index (κ1) is 8.39. The maximum absolute atomic E-state index is 10.6. The van der Waals surface area contributed by atoms with Gasteiger partial charge in [-0.15, -0.1) is 0 Å². The van der Waals surface area contributed by atoms with Gasteiger partial charge in [-0.1, -0.05) is 6.58 Å². The van der Waals surface area contributed by atoms with Crippen molar-refractivity contribution in [2.75, 3.05) is 0 Å². The number of hydrogen-bond donors (Lipinski definition) is 2. The van der Waals surface area contributed by atoms with E-state index in [1.54, 1.807) is 6.92 Å². The molecule has 0 atom stereocenters. The average Bonchev–Trinajstić information content (AvgIpc) is 2.30. The van der Waals surface area contributed by atoms with Crippen LogP contribution in [0.2, 0.25) is 0 Å². The van der Waals surface area contributed by atoms with Crippen molar-refractivity contribution in [2.45, 2.75) is 6.92 Å². The smallest absolute Gasteiger partial charge is 0.417 e. The normalized spacial score (nSPS) is 13.8. The van der Waals surface area contributed by atoms with E-state index in [4.69, 9.17) is 5.11 Å². The summed E-state index contributed by atoms with van der Waals surface area (Å²) in [5.41, 5.74) is 0.216. The second kappa shape index (κ2) is 3.13. The Labute approximate surface area is 68.2 Å². The molecule has 1 rings (SSSR count). The lowest BCUT2D eigenvalue weighted by Gasteiger charge is -1.83. The van der Waals surface area contributed by atoms with Crippen molar-refractivity contribution in [3.05, 3.63) is 33.2 Å².